The van der Waals surface area contributed by atoms with Crippen molar-refractivity contribution in [1.29, 1.82) is 5.26 Å². The summed E-state index contributed by atoms with van der Waals surface area (Å²) in [6, 6.07) is 20.5. The number of hydrogen-bond donors (Lipinski definition) is 6. The number of carbonyl (C=O) groups is 6. The number of amides is 5. The number of rotatable bonds is 12. The molecule has 1 aromatic heterocycles. The van der Waals surface area contributed by atoms with Crippen LogP contribution in [0.25, 0.3) is 16.5 Å². The van der Waals surface area contributed by atoms with Gasteiger partial charge in [0.15, 0.2) is 0 Å². The molecule has 0 aliphatic carbocycles. The highest BCUT2D eigenvalue weighted by molar-refractivity contribution is 8.03. The number of carboxylic acid groups (broad SMARTS) is 1. The number of hydrogen-bond acceptors (Lipinski definition) is 12. The second-order valence-electron chi connectivity index (χ2n) is 20.0. The van der Waals surface area contributed by atoms with E-state index in [0.717, 1.165) is 26.2 Å². The number of benzene rings is 3. The summed E-state index contributed by atoms with van der Waals surface area (Å²) in [7, 11) is 1.48. The third-order valence-electron chi connectivity index (χ3n) is 12.1. The van der Waals surface area contributed by atoms with Crippen molar-refractivity contribution in [3.05, 3.63) is 118 Å². The number of fused-ring (bicyclic) bond motifs is 2. The lowest BCUT2D eigenvalue weighted by molar-refractivity contribution is -0.142. The molecular weight excluding hydrogens is 986 g/mol. The highest BCUT2D eigenvalue weighted by Crippen LogP contribution is 2.41. The number of nitrogens with one attached hydrogen (secondary N) is 5. The zero-order chi connectivity index (χ0) is 53.7. The van der Waals surface area contributed by atoms with Gasteiger partial charge in [0.1, 0.15) is 23.3 Å². The second-order valence-corrected chi connectivity index (χ2v) is 21.5. The quantitative estimate of drug-likeness (QED) is 0.0583. The molecule has 6 N–H and O–H groups in total. The minimum Gasteiger partial charge on any atom is -0.464 e. The molecule has 3 atom stereocenters. The van der Waals surface area contributed by atoms with Crippen molar-refractivity contribution in [1.82, 2.24) is 40.5 Å². The van der Waals surface area contributed by atoms with Crippen molar-refractivity contribution < 1.29 is 43.3 Å². The molecule has 5 amide bonds. The molecule has 0 unspecified atom stereocenters. The van der Waals surface area contributed by atoms with Crippen molar-refractivity contribution in [3.63, 3.8) is 0 Å². The molecule has 20 heteroatoms. The van der Waals surface area contributed by atoms with Crippen LogP contribution in [0.15, 0.2) is 101 Å². The summed E-state index contributed by atoms with van der Waals surface area (Å²) in [6.07, 6.45) is 2.33. The van der Waals surface area contributed by atoms with E-state index in [4.69, 9.17) is 21.3 Å². The molecule has 4 aromatic rings. The third kappa shape index (κ3) is 15.5. The number of aromatic nitrogens is 1. The largest absolute Gasteiger partial charge is 0.464 e. The van der Waals surface area contributed by atoms with Gasteiger partial charge in [-0.2, -0.15) is 5.26 Å². The smallest absolute Gasteiger partial charge is 0.416 e. The number of ether oxygens (including phenoxy) is 2. The minimum atomic E-state index is -1.25. The Hall–Kier alpha value is -7.01. The molecule has 0 radical (unpaired) electrons. The van der Waals surface area contributed by atoms with E-state index in [0.29, 0.717) is 58.4 Å². The van der Waals surface area contributed by atoms with E-state index < -0.39 is 65.3 Å². The number of thioether (sulfide) groups is 1. The predicted octanol–water partition coefficient (Wildman–Crippen LogP) is 8.04. The summed E-state index contributed by atoms with van der Waals surface area (Å²) < 4.78 is 13.5. The SMILES string of the molecule is CN1C(=O)[C@H](CCCCNC(=O)OC(C)(C)C)NC(=O)[C@H](CCCNC(=O)OC(C)(C)C)NCc2ccccc2SC2=C(CNC(=O)[C@@H]1Cc1cn(C(=O)O)c3ccccc13)C(c1ccc(C#N)cc1)=CCN2Cl. The van der Waals surface area contributed by atoms with Crippen LogP contribution in [0.2, 0.25) is 0 Å². The minimum absolute atomic E-state index is 0.0593. The first-order chi connectivity index (χ1) is 35.1. The number of para-hydroxylation sites is 1. The normalized spacial score (nSPS) is 18.2. The number of carbonyl (C=O) groups excluding carboxylic acids is 5. The number of likely N-dealkylation sites (N-methyl/N-ethyl adjacent to an activating group) is 1. The van der Waals surface area contributed by atoms with Crippen LogP contribution in [0, 0.1) is 11.3 Å². The molecule has 2 aliphatic rings. The van der Waals surface area contributed by atoms with Crippen molar-refractivity contribution in [2.75, 3.05) is 33.2 Å². The molecule has 3 heterocycles. The zero-order valence-corrected chi connectivity index (χ0v) is 44.5. The van der Waals surface area contributed by atoms with Gasteiger partial charge < -0.3 is 46.1 Å². The van der Waals surface area contributed by atoms with Gasteiger partial charge in [0.2, 0.25) is 17.7 Å². The van der Waals surface area contributed by atoms with Crippen molar-refractivity contribution in [3.8, 4) is 6.07 Å². The molecule has 18 nitrogen and oxygen atoms in total. The molecule has 74 heavy (non-hydrogen) atoms. The van der Waals surface area contributed by atoms with E-state index in [1.54, 1.807) is 82.4 Å². The van der Waals surface area contributed by atoms with Gasteiger partial charge in [-0.1, -0.05) is 66.4 Å². The van der Waals surface area contributed by atoms with Gasteiger partial charge in [-0.25, -0.2) is 14.4 Å². The monoisotopic (exact) mass is 1050 g/mol. The lowest BCUT2D eigenvalue weighted by Gasteiger charge is -2.32. The predicted molar refractivity (Wildman–Crippen MR) is 284 cm³/mol. The summed E-state index contributed by atoms with van der Waals surface area (Å²) in [4.78, 5) is 84.6. The average Bonchev–Trinajstić information content (AvgIpc) is 3.72. The van der Waals surface area contributed by atoms with Gasteiger partial charge in [-0.15, -0.1) is 0 Å². The van der Waals surface area contributed by atoms with E-state index in [9.17, 15) is 29.5 Å². The summed E-state index contributed by atoms with van der Waals surface area (Å²) in [6.45, 7) is 11.4. The highest BCUT2D eigenvalue weighted by atomic mass is 35.5. The van der Waals surface area contributed by atoms with Gasteiger partial charge >= 0.3 is 18.3 Å². The number of nitrogens with zero attached hydrogens (tertiary/aromatic N) is 4. The summed E-state index contributed by atoms with van der Waals surface area (Å²) in [5.41, 5.74) is 2.96. The molecule has 6 rings (SSSR count). The van der Waals surface area contributed by atoms with Gasteiger partial charge in [0.25, 0.3) is 0 Å². The molecule has 3 aromatic carbocycles. The van der Waals surface area contributed by atoms with E-state index in [-0.39, 0.29) is 45.4 Å². The summed E-state index contributed by atoms with van der Waals surface area (Å²) in [5.74, 6) is -1.65. The maximum Gasteiger partial charge on any atom is 0.416 e. The fourth-order valence-electron chi connectivity index (χ4n) is 8.55. The fourth-order valence-corrected chi connectivity index (χ4v) is 9.93. The first kappa shape index (κ1) is 56.3. The van der Waals surface area contributed by atoms with Crippen LogP contribution < -0.4 is 26.6 Å². The maximum atomic E-state index is 15.2. The van der Waals surface area contributed by atoms with Gasteiger partial charge in [-0.3, -0.25) is 23.4 Å². The van der Waals surface area contributed by atoms with E-state index >= 15 is 9.59 Å². The molecular formula is C54H66ClN9O9S. The Kier molecular flexibility index (Phi) is 19.2. The third-order valence-corrected chi connectivity index (χ3v) is 13.8. The standard InChI is InChI=1S/C54H66ClN9O9S/c1-53(2,3)72-50(68)57-26-13-12-17-42-48(67)62(7)44(29-37-33-63(52(70)71)43-19-10-9-16-39(37)43)47(66)60-32-40-38(35-23-21-34(30-56)22-24-35)25-28-64(55)49(40)74-45-20-11-8-15-36(45)31-59-41(46(65)61-42)18-14-27-58-51(69)73-54(4,5)6/h8-11,15-16,19-25,33,41-42,44,59H,12-14,17-18,26-29,31-32H2,1-7H3,(H,57,68)(H,58,69)(H,60,66)(H,61,65)(H,70,71)/t41-,42-,44-/m0/s1. The first-order valence-electron chi connectivity index (χ1n) is 24.6. The lowest BCUT2D eigenvalue weighted by Crippen LogP contribution is -2.57. The Morgan fingerprint density at radius 1 is 0.838 bits per heavy atom. The Morgan fingerprint density at radius 3 is 2.14 bits per heavy atom. The lowest BCUT2D eigenvalue weighted by atomic mass is 9.95. The van der Waals surface area contributed by atoms with E-state index in [2.05, 4.69) is 32.7 Å². The molecule has 394 valence electrons. The van der Waals surface area contributed by atoms with Crippen LogP contribution in [0.3, 0.4) is 0 Å². The van der Waals surface area contributed by atoms with Crippen LogP contribution >= 0.6 is 23.5 Å². The molecule has 0 bridgehead atoms. The number of halogens is 1. The topological polar surface area (TPSA) is 236 Å². The van der Waals surface area contributed by atoms with Gasteiger partial charge in [0, 0.05) is 73.5 Å². The van der Waals surface area contributed by atoms with Crippen molar-refractivity contribution in [2.45, 2.75) is 121 Å². The van der Waals surface area contributed by atoms with Crippen LogP contribution in [0.5, 0.6) is 0 Å². The summed E-state index contributed by atoms with van der Waals surface area (Å²) in [5, 5.41) is 36.0. The van der Waals surface area contributed by atoms with E-state index in [1.165, 1.54) is 29.9 Å². The Balaban J connectivity index is 1.42. The Labute approximate surface area is 441 Å². The molecule has 0 spiro atoms. The van der Waals surface area contributed by atoms with Crippen LogP contribution in [0.1, 0.15) is 95.9 Å². The Morgan fingerprint density at radius 2 is 1.47 bits per heavy atom. The number of alkyl carbamates (subject to hydrolysis) is 2. The van der Waals surface area contributed by atoms with Crippen LogP contribution in [0.4, 0.5) is 14.4 Å². The zero-order valence-electron chi connectivity index (χ0n) is 42.9. The number of nitriles is 1. The van der Waals surface area contributed by atoms with Gasteiger partial charge in [0.05, 0.1) is 34.8 Å². The van der Waals surface area contributed by atoms with Gasteiger partial charge in [-0.05, 0) is 120 Å². The van der Waals surface area contributed by atoms with Crippen LogP contribution in [-0.4, -0.2) is 118 Å². The number of unbranched alkanes of at least 4 members (excludes halogenated alkanes) is 1. The van der Waals surface area contributed by atoms with E-state index in [1.807, 2.05) is 42.5 Å². The van der Waals surface area contributed by atoms with Crippen molar-refractivity contribution >= 4 is 76.0 Å². The molecule has 0 fully saturated rings. The maximum absolute atomic E-state index is 15.2. The molecule has 2 aliphatic heterocycles. The Bertz CT molecular complexity index is 2810. The molecule has 0 saturated heterocycles. The average molecular weight is 1050 g/mol. The fraction of sp³-hybridized carbons (Fsp3) is 0.426. The van der Waals surface area contributed by atoms with Crippen LogP contribution in [-0.2, 0) is 36.8 Å². The highest BCUT2D eigenvalue weighted by Gasteiger charge is 2.35. The second kappa shape index (κ2) is 25.3. The first-order valence-corrected chi connectivity index (χ1v) is 25.7. The molecule has 0 saturated carbocycles. The van der Waals surface area contributed by atoms with Crippen molar-refractivity contribution in [2.24, 2.45) is 0 Å². The summed E-state index contributed by atoms with van der Waals surface area (Å²) >= 11 is 8.47.